The van der Waals surface area contributed by atoms with Crippen LogP contribution in [0.2, 0.25) is 0 Å². The van der Waals surface area contributed by atoms with Crippen LogP contribution in [0, 0.1) is 0 Å². The van der Waals surface area contributed by atoms with Gasteiger partial charge in [-0.2, -0.15) is 0 Å². The van der Waals surface area contributed by atoms with E-state index in [9.17, 15) is 14.4 Å². The molecule has 0 spiro atoms. The van der Waals surface area contributed by atoms with Gasteiger partial charge in [-0.05, 0) is 61.2 Å². The molecule has 2 aromatic rings. The highest BCUT2D eigenvalue weighted by atomic mass is 16.5. The Morgan fingerprint density at radius 3 is 2.51 bits per heavy atom. The topological polar surface area (TPSA) is 108 Å². The van der Waals surface area contributed by atoms with E-state index in [-0.39, 0.29) is 30.2 Å². The number of nitrogens with one attached hydrogen (secondary N) is 1. The largest absolute Gasteiger partial charge is 0.494 e. The molecule has 0 radical (unpaired) electrons. The number of nitrogens with zero attached hydrogens (tertiary/aromatic N) is 3. The number of carbonyl (C=O) groups excluding carboxylic acids is 3. The van der Waals surface area contributed by atoms with Gasteiger partial charge >= 0.3 is 0 Å². The average Bonchev–Trinajstić information content (AvgIpc) is 3.22. The van der Waals surface area contributed by atoms with Crippen molar-refractivity contribution in [3.05, 3.63) is 59.2 Å². The van der Waals surface area contributed by atoms with Gasteiger partial charge in [0, 0.05) is 63.0 Å². The Bertz CT molecular complexity index is 1160. The highest BCUT2D eigenvalue weighted by Gasteiger charge is 2.39. The highest BCUT2D eigenvalue weighted by Crippen LogP contribution is 2.31. The molecule has 2 atom stereocenters. The Kier molecular flexibility index (Phi) is 7.43. The molecule has 2 fully saturated rings. The Hall–Kier alpha value is -3.43. The van der Waals surface area contributed by atoms with Crippen LogP contribution in [0.15, 0.2) is 42.5 Å². The van der Waals surface area contributed by atoms with Gasteiger partial charge in [0.15, 0.2) is 0 Å². The second-order valence-electron chi connectivity index (χ2n) is 10.1. The van der Waals surface area contributed by atoms with Crippen LogP contribution in [0.4, 0.5) is 5.69 Å². The number of carbonyl (C=O) groups is 3. The summed E-state index contributed by atoms with van der Waals surface area (Å²) in [5, 5.41) is 2.36. The van der Waals surface area contributed by atoms with Gasteiger partial charge in [0.05, 0.1) is 6.61 Å². The monoisotopic (exact) mass is 505 g/mol. The lowest BCUT2D eigenvalue weighted by molar-refractivity contribution is -0.136. The number of piperazine rings is 1. The van der Waals surface area contributed by atoms with Crippen LogP contribution in [0.25, 0.3) is 0 Å². The summed E-state index contributed by atoms with van der Waals surface area (Å²) in [6.07, 6.45) is 1.61. The number of anilines is 1. The number of imide groups is 1. The molecule has 3 heterocycles. The molecule has 0 aromatic heterocycles. The Balaban J connectivity index is 1.08. The lowest BCUT2D eigenvalue weighted by atomic mass is 10.0. The van der Waals surface area contributed by atoms with Gasteiger partial charge in [0.25, 0.3) is 5.91 Å². The number of piperidine rings is 1. The summed E-state index contributed by atoms with van der Waals surface area (Å²) in [6, 6.07) is 13.4. The van der Waals surface area contributed by atoms with Gasteiger partial charge in [-0.1, -0.05) is 12.1 Å². The van der Waals surface area contributed by atoms with Gasteiger partial charge in [-0.15, -0.1) is 0 Å². The maximum atomic E-state index is 12.9. The van der Waals surface area contributed by atoms with Crippen LogP contribution >= 0.6 is 0 Å². The third kappa shape index (κ3) is 5.62. The smallest absolute Gasteiger partial charge is 0.255 e. The zero-order valence-corrected chi connectivity index (χ0v) is 21.3. The molecule has 2 saturated heterocycles. The van der Waals surface area contributed by atoms with Crippen molar-refractivity contribution in [2.45, 2.75) is 44.8 Å². The van der Waals surface area contributed by atoms with Crippen molar-refractivity contribution in [1.29, 1.82) is 0 Å². The fraction of sp³-hybridized carbons (Fsp3) is 0.464. The maximum Gasteiger partial charge on any atom is 0.255 e. The second kappa shape index (κ2) is 10.9. The molecule has 37 heavy (non-hydrogen) atoms. The van der Waals surface area contributed by atoms with Gasteiger partial charge < -0.3 is 20.3 Å². The third-order valence-electron chi connectivity index (χ3n) is 7.54. The number of hydrogen-bond acceptors (Lipinski definition) is 7. The molecule has 2 unspecified atom stereocenters. The van der Waals surface area contributed by atoms with Gasteiger partial charge in [-0.3, -0.25) is 24.6 Å². The highest BCUT2D eigenvalue weighted by molar-refractivity contribution is 6.05. The molecule has 2 aromatic carbocycles. The van der Waals surface area contributed by atoms with E-state index in [2.05, 4.69) is 21.2 Å². The lowest BCUT2D eigenvalue weighted by Crippen LogP contribution is -2.52. The molecule has 5 rings (SSSR count). The minimum atomic E-state index is -0.581. The molecule has 0 bridgehead atoms. The van der Waals surface area contributed by atoms with Crippen molar-refractivity contribution >= 4 is 23.4 Å². The number of amides is 3. The first-order valence-corrected chi connectivity index (χ1v) is 13.1. The van der Waals surface area contributed by atoms with E-state index < -0.39 is 6.04 Å². The number of nitrogens with two attached hydrogens (primary N) is 1. The maximum absolute atomic E-state index is 12.9. The fourth-order valence-corrected chi connectivity index (χ4v) is 5.33. The fourth-order valence-electron chi connectivity index (χ4n) is 5.33. The Morgan fingerprint density at radius 1 is 1.05 bits per heavy atom. The van der Waals surface area contributed by atoms with E-state index in [0.29, 0.717) is 25.1 Å². The Labute approximate surface area is 217 Å². The number of rotatable bonds is 8. The van der Waals surface area contributed by atoms with E-state index >= 15 is 0 Å². The van der Waals surface area contributed by atoms with Crippen molar-refractivity contribution in [1.82, 2.24) is 15.1 Å². The number of hydrogen-bond donors (Lipinski definition) is 2. The van der Waals surface area contributed by atoms with Crippen LogP contribution in [0.1, 0.15) is 53.7 Å². The first-order chi connectivity index (χ1) is 17.9. The van der Waals surface area contributed by atoms with Gasteiger partial charge in [0.2, 0.25) is 11.8 Å². The van der Waals surface area contributed by atoms with Crippen LogP contribution in [-0.2, 0) is 16.1 Å². The predicted octanol–water partition coefficient (Wildman–Crippen LogP) is 2.06. The molecular weight excluding hydrogens is 470 g/mol. The van der Waals surface area contributed by atoms with Crippen LogP contribution in [-0.4, -0.2) is 72.9 Å². The predicted molar refractivity (Wildman–Crippen MR) is 140 cm³/mol. The summed E-state index contributed by atoms with van der Waals surface area (Å²) in [5.74, 6) is 0.0958. The zero-order chi connectivity index (χ0) is 25.9. The summed E-state index contributed by atoms with van der Waals surface area (Å²) in [6.45, 7) is 7.84. The number of fused-ring (bicyclic) bond motifs is 1. The summed E-state index contributed by atoms with van der Waals surface area (Å²) in [5.41, 5.74) is 9.71. The third-order valence-corrected chi connectivity index (χ3v) is 7.54. The molecule has 196 valence electrons. The molecule has 0 aliphatic carbocycles. The first kappa shape index (κ1) is 25.2. The van der Waals surface area contributed by atoms with Crippen molar-refractivity contribution in [2.75, 3.05) is 44.2 Å². The SMILES string of the molecule is CC(N)c1ccc(OCCCN2CCN(c3ccc4c(c3)CN(C3CCC(=O)NC3=O)C4=O)CC2)cc1. The number of benzene rings is 2. The molecule has 9 heteroatoms. The molecule has 9 nitrogen and oxygen atoms in total. The van der Waals surface area contributed by atoms with Gasteiger partial charge in [-0.25, -0.2) is 0 Å². The van der Waals surface area contributed by atoms with Crippen molar-refractivity contribution in [2.24, 2.45) is 5.73 Å². The van der Waals surface area contributed by atoms with Crippen molar-refractivity contribution in [3.8, 4) is 5.75 Å². The van der Waals surface area contributed by atoms with E-state index in [4.69, 9.17) is 10.5 Å². The Morgan fingerprint density at radius 2 is 1.81 bits per heavy atom. The van der Waals surface area contributed by atoms with Gasteiger partial charge in [0.1, 0.15) is 11.8 Å². The van der Waals surface area contributed by atoms with Crippen LogP contribution in [0.3, 0.4) is 0 Å². The molecular formula is C28H35N5O4. The van der Waals surface area contributed by atoms with Crippen LogP contribution in [0.5, 0.6) is 5.75 Å². The summed E-state index contributed by atoms with van der Waals surface area (Å²) in [4.78, 5) is 43.1. The van der Waals surface area contributed by atoms with E-state index in [1.165, 1.54) is 0 Å². The molecule has 0 saturated carbocycles. The molecule has 3 aliphatic rings. The average molecular weight is 506 g/mol. The summed E-state index contributed by atoms with van der Waals surface area (Å²) >= 11 is 0. The molecule has 3 amide bonds. The summed E-state index contributed by atoms with van der Waals surface area (Å²) < 4.78 is 5.89. The minimum absolute atomic E-state index is 0.0274. The quantitative estimate of drug-likeness (QED) is 0.418. The minimum Gasteiger partial charge on any atom is -0.494 e. The van der Waals surface area contributed by atoms with Crippen LogP contribution < -0.4 is 20.7 Å². The van der Waals surface area contributed by atoms with E-state index in [0.717, 1.165) is 61.7 Å². The standard InChI is InChI=1S/C28H35N5O4/c1-19(29)20-3-6-23(7-4-20)37-16-2-11-31-12-14-32(15-13-31)22-5-8-24-21(17-22)18-33(28(24)36)25-9-10-26(34)30-27(25)35/h3-8,17,19,25H,2,9-16,18,29H2,1H3,(H,30,34,35). The second-order valence-corrected chi connectivity index (χ2v) is 10.1. The van der Waals surface area contributed by atoms with Crippen molar-refractivity contribution in [3.63, 3.8) is 0 Å². The lowest BCUT2D eigenvalue weighted by Gasteiger charge is -2.36. The van der Waals surface area contributed by atoms with E-state index in [1.54, 1.807) is 4.90 Å². The molecule has 3 aliphatic heterocycles. The summed E-state index contributed by atoms with van der Waals surface area (Å²) in [7, 11) is 0. The zero-order valence-electron chi connectivity index (χ0n) is 21.3. The number of ether oxygens (including phenoxy) is 1. The first-order valence-electron chi connectivity index (χ1n) is 13.1. The molecule has 3 N–H and O–H groups in total. The normalized spacial score (nSPS) is 21.1. The van der Waals surface area contributed by atoms with E-state index in [1.807, 2.05) is 43.3 Å². The van der Waals surface area contributed by atoms with Crippen molar-refractivity contribution < 1.29 is 19.1 Å².